The van der Waals surface area contributed by atoms with Crippen LogP contribution in [0.2, 0.25) is 0 Å². The van der Waals surface area contributed by atoms with Crippen LogP contribution >= 0.6 is 0 Å². The maximum Gasteiger partial charge on any atom is 0.191 e. The molecule has 21 heavy (non-hydrogen) atoms. The summed E-state index contributed by atoms with van der Waals surface area (Å²) in [7, 11) is 5.85. The summed E-state index contributed by atoms with van der Waals surface area (Å²) in [6.45, 7) is 7.49. The van der Waals surface area contributed by atoms with Crippen molar-refractivity contribution in [2.24, 2.45) is 4.99 Å². The molecule has 0 atom stereocenters. The topological polar surface area (TPSA) is 39.7 Å². The molecule has 0 aliphatic rings. The van der Waals surface area contributed by atoms with Crippen LogP contribution < -0.4 is 10.6 Å². The summed E-state index contributed by atoms with van der Waals surface area (Å²) in [6.07, 6.45) is 0. The third kappa shape index (κ3) is 5.34. The summed E-state index contributed by atoms with van der Waals surface area (Å²) in [5.74, 6) is 0.570. The predicted octanol–water partition coefficient (Wildman–Crippen LogP) is 2.14. The lowest BCUT2D eigenvalue weighted by Crippen LogP contribution is -2.50. The fourth-order valence-corrected chi connectivity index (χ4v) is 1.68. The predicted molar refractivity (Wildman–Crippen MR) is 87.1 cm³/mol. The van der Waals surface area contributed by atoms with Gasteiger partial charge in [-0.05, 0) is 52.1 Å². The second kappa shape index (κ2) is 7.41. The second-order valence-electron chi connectivity index (χ2n) is 6.07. The van der Waals surface area contributed by atoms with Gasteiger partial charge in [-0.15, -0.1) is 0 Å². The number of aliphatic imine (C=N–C) groups is 1. The molecular formula is C16H27FN4. The van der Waals surface area contributed by atoms with E-state index in [9.17, 15) is 4.39 Å². The molecular weight excluding hydrogens is 267 g/mol. The maximum atomic E-state index is 13.2. The highest BCUT2D eigenvalue weighted by Gasteiger charge is 2.20. The van der Waals surface area contributed by atoms with Gasteiger partial charge in [0.05, 0.1) is 0 Å². The molecule has 1 rings (SSSR count). The highest BCUT2D eigenvalue weighted by atomic mass is 19.1. The van der Waals surface area contributed by atoms with Gasteiger partial charge in [0.25, 0.3) is 0 Å². The average Bonchev–Trinajstić information content (AvgIpc) is 2.42. The first-order valence-corrected chi connectivity index (χ1v) is 7.13. The number of hydrogen-bond acceptors (Lipinski definition) is 2. The Balaban J connectivity index is 2.54. The molecule has 1 aromatic rings. The van der Waals surface area contributed by atoms with Gasteiger partial charge in [0.1, 0.15) is 5.82 Å². The smallest absolute Gasteiger partial charge is 0.191 e. The number of benzene rings is 1. The van der Waals surface area contributed by atoms with E-state index in [2.05, 4.69) is 48.5 Å². The highest BCUT2D eigenvalue weighted by molar-refractivity contribution is 5.79. The molecule has 118 valence electrons. The van der Waals surface area contributed by atoms with E-state index in [1.807, 2.05) is 6.07 Å². The Hall–Kier alpha value is -1.62. The minimum atomic E-state index is -0.172. The summed E-state index contributed by atoms with van der Waals surface area (Å²) in [6, 6.07) is 5.13. The lowest BCUT2D eigenvalue weighted by Gasteiger charge is -2.33. The minimum absolute atomic E-state index is 0.0318. The molecule has 0 aliphatic carbocycles. The normalized spacial score (nSPS) is 12.7. The Labute approximate surface area is 127 Å². The molecule has 1 aromatic carbocycles. The number of nitrogens with one attached hydrogen (secondary N) is 2. The van der Waals surface area contributed by atoms with E-state index >= 15 is 0 Å². The number of halogens is 1. The molecule has 0 amide bonds. The summed E-state index contributed by atoms with van der Waals surface area (Å²) in [4.78, 5) is 6.37. The lowest BCUT2D eigenvalue weighted by molar-refractivity contribution is 0.197. The monoisotopic (exact) mass is 294 g/mol. The Morgan fingerprint density at radius 3 is 2.48 bits per heavy atom. The van der Waals surface area contributed by atoms with Gasteiger partial charge in [-0.2, -0.15) is 0 Å². The number of guanidine groups is 1. The van der Waals surface area contributed by atoms with Crippen molar-refractivity contribution in [3.8, 4) is 0 Å². The van der Waals surface area contributed by atoms with E-state index in [0.717, 1.165) is 18.1 Å². The van der Waals surface area contributed by atoms with E-state index in [-0.39, 0.29) is 11.4 Å². The molecule has 0 saturated heterocycles. The standard InChI is InChI=1S/C16H27FN4/c1-12-9-13(7-8-14(12)17)10-19-15(18-4)20-11-16(2,3)21(5)6/h7-9H,10-11H2,1-6H3,(H2,18,19,20). The lowest BCUT2D eigenvalue weighted by atomic mass is 10.0. The van der Waals surface area contributed by atoms with Gasteiger partial charge < -0.3 is 15.5 Å². The third-order valence-electron chi connectivity index (χ3n) is 3.81. The van der Waals surface area contributed by atoms with Gasteiger partial charge in [-0.3, -0.25) is 4.99 Å². The minimum Gasteiger partial charge on any atom is -0.355 e. The van der Waals surface area contributed by atoms with Crippen molar-refractivity contribution >= 4 is 5.96 Å². The maximum absolute atomic E-state index is 13.2. The SMILES string of the molecule is CN=C(NCc1ccc(F)c(C)c1)NCC(C)(C)N(C)C. The molecule has 5 heteroatoms. The summed E-state index contributed by atoms with van der Waals surface area (Å²) >= 11 is 0. The fraction of sp³-hybridized carbons (Fsp3) is 0.562. The number of aryl methyl sites for hydroxylation is 1. The van der Waals surface area contributed by atoms with Crippen LogP contribution in [0.3, 0.4) is 0 Å². The van der Waals surface area contributed by atoms with E-state index in [1.54, 1.807) is 20.0 Å². The molecule has 0 spiro atoms. The van der Waals surface area contributed by atoms with Crippen molar-refractivity contribution in [2.45, 2.75) is 32.9 Å². The van der Waals surface area contributed by atoms with Crippen LogP contribution in [0, 0.1) is 12.7 Å². The summed E-state index contributed by atoms with van der Waals surface area (Å²) in [5.41, 5.74) is 1.72. The first-order valence-electron chi connectivity index (χ1n) is 7.13. The number of hydrogen-bond donors (Lipinski definition) is 2. The van der Waals surface area contributed by atoms with Crippen LogP contribution in [-0.2, 0) is 6.54 Å². The molecule has 0 aromatic heterocycles. The molecule has 0 aliphatic heterocycles. The first-order chi connectivity index (χ1) is 9.76. The van der Waals surface area contributed by atoms with Gasteiger partial charge in [-0.25, -0.2) is 4.39 Å². The molecule has 0 heterocycles. The first kappa shape index (κ1) is 17.4. The van der Waals surface area contributed by atoms with Crippen molar-refractivity contribution in [1.82, 2.24) is 15.5 Å². The molecule has 0 saturated carbocycles. The van der Waals surface area contributed by atoms with E-state index in [4.69, 9.17) is 0 Å². The number of nitrogens with zero attached hydrogens (tertiary/aromatic N) is 2. The van der Waals surface area contributed by atoms with E-state index in [0.29, 0.717) is 12.1 Å². The van der Waals surface area contributed by atoms with Crippen molar-refractivity contribution in [1.29, 1.82) is 0 Å². The average molecular weight is 294 g/mol. The van der Waals surface area contributed by atoms with Gasteiger partial charge in [0.15, 0.2) is 5.96 Å². The van der Waals surface area contributed by atoms with Crippen LogP contribution in [0.4, 0.5) is 4.39 Å². The van der Waals surface area contributed by atoms with Crippen molar-refractivity contribution in [2.75, 3.05) is 27.7 Å². The van der Waals surface area contributed by atoms with E-state index < -0.39 is 0 Å². The van der Waals surface area contributed by atoms with Crippen molar-refractivity contribution < 1.29 is 4.39 Å². The Morgan fingerprint density at radius 1 is 1.29 bits per heavy atom. The third-order valence-corrected chi connectivity index (χ3v) is 3.81. The molecule has 0 radical (unpaired) electrons. The van der Waals surface area contributed by atoms with Crippen LogP contribution in [0.5, 0.6) is 0 Å². The number of rotatable bonds is 5. The van der Waals surface area contributed by atoms with Crippen LogP contribution in [-0.4, -0.2) is 44.1 Å². The Kier molecular flexibility index (Phi) is 6.15. The fourth-order valence-electron chi connectivity index (χ4n) is 1.68. The summed E-state index contributed by atoms with van der Waals surface area (Å²) in [5, 5.41) is 6.55. The van der Waals surface area contributed by atoms with Gasteiger partial charge >= 0.3 is 0 Å². The molecule has 2 N–H and O–H groups in total. The number of likely N-dealkylation sites (N-methyl/N-ethyl adjacent to an activating group) is 1. The quantitative estimate of drug-likeness (QED) is 0.645. The van der Waals surface area contributed by atoms with Gasteiger partial charge in [-0.1, -0.05) is 12.1 Å². The van der Waals surface area contributed by atoms with Gasteiger partial charge in [0.2, 0.25) is 0 Å². The second-order valence-corrected chi connectivity index (χ2v) is 6.07. The van der Waals surface area contributed by atoms with Crippen molar-refractivity contribution in [3.05, 3.63) is 35.1 Å². The van der Waals surface area contributed by atoms with Crippen LogP contribution in [0.15, 0.2) is 23.2 Å². The Morgan fingerprint density at radius 2 is 1.95 bits per heavy atom. The Bertz CT molecular complexity index is 495. The van der Waals surface area contributed by atoms with Crippen LogP contribution in [0.1, 0.15) is 25.0 Å². The zero-order valence-corrected chi connectivity index (χ0v) is 13.9. The van der Waals surface area contributed by atoms with Crippen LogP contribution in [0.25, 0.3) is 0 Å². The zero-order chi connectivity index (χ0) is 16.0. The zero-order valence-electron chi connectivity index (χ0n) is 13.9. The highest BCUT2D eigenvalue weighted by Crippen LogP contribution is 2.09. The molecule has 0 fully saturated rings. The van der Waals surface area contributed by atoms with Crippen molar-refractivity contribution in [3.63, 3.8) is 0 Å². The largest absolute Gasteiger partial charge is 0.355 e. The molecule has 0 unspecified atom stereocenters. The summed E-state index contributed by atoms with van der Waals surface area (Å²) < 4.78 is 13.2. The van der Waals surface area contributed by atoms with Gasteiger partial charge in [0, 0.05) is 25.7 Å². The van der Waals surface area contributed by atoms with E-state index in [1.165, 1.54) is 6.07 Å². The molecule has 0 bridgehead atoms. The molecule has 4 nitrogen and oxygen atoms in total.